The molecule has 0 aliphatic carbocycles. The van der Waals surface area contributed by atoms with Crippen molar-refractivity contribution in [3.63, 3.8) is 0 Å². The molecule has 0 spiro atoms. The van der Waals surface area contributed by atoms with Crippen LogP contribution < -0.4 is 14.8 Å². The van der Waals surface area contributed by atoms with Crippen LogP contribution in [0.25, 0.3) is 0 Å². The summed E-state index contributed by atoms with van der Waals surface area (Å²) >= 11 is 0. The van der Waals surface area contributed by atoms with Crippen LogP contribution >= 0.6 is 0 Å². The van der Waals surface area contributed by atoms with Gasteiger partial charge in [-0.05, 0) is 43.7 Å². The average Bonchev–Trinajstić information content (AvgIpc) is 2.60. The van der Waals surface area contributed by atoms with E-state index in [0.29, 0.717) is 26.3 Å². The van der Waals surface area contributed by atoms with Gasteiger partial charge in [0.1, 0.15) is 24.7 Å². The van der Waals surface area contributed by atoms with Gasteiger partial charge in [0.15, 0.2) is 0 Å². The molecule has 0 bridgehead atoms. The number of likely N-dealkylation sites (N-methyl/N-ethyl adjacent to an activating group) is 1. The van der Waals surface area contributed by atoms with Crippen LogP contribution in [0, 0.1) is 13.8 Å². The summed E-state index contributed by atoms with van der Waals surface area (Å²) in [5, 5.41) is 2.83. The average molecular weight is 342 g/mol. The molecule has 0 aliphatic rings. The molecular formula is C20H26N2O3. The van der Waals surface area contributed by atoms with Gasteiger partial charge in [0.05, 0.1) is 13.1 Å². The van der Waals surface area contributed by atoms with Crippen LogP contribution in [0.5, 0.6) is 11.5 Å². The summed E-state index contributed by atoms with van der Waals surface area (Å²) in [5.74, 6) is 1.63. The Morgan fingerprint density at radius 1 is 0.960 bits per heavy atom. The van der Waals surface area contributed by atoms with Crippen molar-refractivity contribution < 1.29 is 14.3 Å². The molecule has 0 aliphatic heterocycles. The predicted octanol–water partition coefficient (Wildman–Crippen LogP) is 3.40. The van der Waals surface area contributed by atoms with Crippen LogP contribution in [0.15, 0.2) is 48.5 Å². The number of aryl methyl sites for hydroxylation is 2. The molecule has 0 fully saturated rings. The van der Waals surface area contributed by atoms with Gasteiger partial charge in [-0.15, -0.1) is 0 Å². The lowest BCUT2D eigenvalue weighted by Crippen LogP contribution is -2.40. The molecule has 0 unspecified atom stereocenters. The fraction of sp³-hybridized carbons (Fsp3) is 0.350. The van der Waals surface area contributed by atoms with E-state index in [4.69, 9.17) is 9.47 Å². The van der Waals surface area contributed by atoms with Crippen molar-refractivity contribution in [1.82, 2.24) is 10.2 Å². The number of rotatable bonds is 8. The van der Waals surface area contributed by atoms with E-state index < -0.39 is 0 Å². The number of hydrogen-bond donors (Lipinski definition) is 1. The molecule has 5 nitrogen and oxygen atoms in total. The van der Waals surface area contributed by atoms with E-state index in [9.17, 15) is 4.79 Å². The highest BCUT2D eigenvalue weighted by Gasteiger charge is 2.07. The molecule has 2 aromatic carbocycles. The minimum atomic E-state index is -0.139. The number of urea groups is 1. The number of benzene rings is 2. The fourth-order valence-corrected chi connectivity index (χ4v) is 2.20. The molecule has 0 aromatic heterocycles. The molecule has 0 atom stereocenters. The minimum Gasteiger partial charge on any atom is -0.492 e. The highest BCUT2D eigenvalue weighted by atomic mass is 16.5. The fourth-order valence-electron chi connectivity index (χ4n) is 2.20. The standard InChI is InChI=1S/C20H26N2O3/c1-16-7-9-18(10-8-16)25-14-12-22(3)20(23)21-11-13-24-19-6-4-5-17(2)15-19/h4-10,15H,11-14H2,1-3H3,(H,21,23). The zero-order valence-corrected chi connectivity index (χ0v) is 15.1. The van der Waals surface area contributed by atoms with Crippen molar-refractivity contribution in [3.8, 4) is 11.5 Å². The first-order chi connectivity index (χ1) is 12.0. The van der Waals surface area contributed by atoms with Crippen LogP contribution in [0.1, 0.15) is 11.1 Å². The lowest BCUT2D eigenvalue weighted by molar-refractivity contribution is 0.192. The molecule has 1 N–H and O–H groups in total. The Balaban J connectivity index is 1.60. The van der Waals surface area contributed by atoms with Crippen LogP contribution in [0.2, 0.25) is 0 Å². The van der Waals surface area contributed by atoms with Gasteiger partial charge in [0, 0.05) is 7.05 Å². The Morgan fingerprint density at radius 2 is 1.68 bits per heavy atom. The Morgan fingerprint density at radius 3 is 2.40 bits per heavy atom. The zero-order valence-electron chi connectivity index (χ0n) is 15.1. The summed E-state index contributed by atoms with van der Waals surface area (Å²) in [4.78, 5) is 13.6. The van der Waals surface area contributed by atoms with Crippen molar-refractivity contribution in [3.05, 3.63) is 59.7 Å². The third-order valence-corrected chi connectivity index (χ3v) is 3.70. The number of amides is 2. The van der Waals surface area contributed by atoms with Gasteiger partial charge in [0.25, 0.3) is 0 Å². The normalized spacial score (nSPS) is 10.2. The molecular weight excluding hydrogens is 316 g/mol. The van der Waals surface area contributed by atoms with Crippen LogP contribution in [0.3, 0.4) is 0 Å². The van der Waals surface area contributed by atoms with Gasteiger partial charge < -0.3 is 19.7 Å². The van der Waals surface area contributed by atoms with Crippen LogP contribution in [-0.2, 0) is 0 Å². The zero-order chi connectivity index (χ0) is 18.1. The monoisotopic (exact) mass is 342 g/mol. The molecule has 2 amide bonds. The van der Waals surface area contributed by atoms with E-state index >= 15 is 0 Å². The first-order valence-electron chi connectivity index (χ1n) is 8.42. The maximum atomic E-state index is 12.0. The van der Waals surface area contributed by atoms with Crippen molar-refractivity contribution >= 4 is 6.03 Å². The number of hydrogen-bond acceptors (Lipinski definition) is 3. The topological polar surface area (TPSA) is 50.8 Å². The lowest BCUT2D eigenvalue weighted by atomic mass is 10.2. The molecule has 2 rings (SSSR count). The second kappa shape index (κ2) is 9.57. The first-order valence-corrected chi connectivity index (χ1v) is 8.42. The highest BCUT2D eigenvalue weighted by Crippen LogP contribution is 2.12. The maximum absolute atomic E-state index is 12.0. The minimum absolute atomic E-state index is 0.139. The largest absolute Gasteiger partial charge is 0.492 e. The second-order valence-corrected chi connectivity index (χ2v) is 5.98. The van der Waals surface area contributed by atoms with E-state index in [1.807, 2.05) is 62.4 Å². The Bertz CT molecular complexity index is 671. The van der Waals surface area contributed by atoms with Crippen molar-refractivity contribution in [2.24, 2.45) is 0 Å². The van der Waals surface area contributed by atoms with Crippen LogP contribution in [0.4, 0.5) is 4.79 Å². The summed E-state index contributed by atoms with van der Waals surface area (Å²) in [6.45, 7) is 5.90. The molecule has 5 heteroatoms. The van der Waals surface area contributed by atoms with E-state index in [1.165, 1.54) is 5.56 Å². The van der Waals surface area contributed by atoms with Gasteiger partial charge >= 0.3 is 6.03 Å². The molecule has 25 heavy (non-hydrogen) atoms. The Hall–Kier alpha value is -2.69. The van der Waals surface area contributed by atoms with Gasteiger partial charge in [-0.1, -0.05) is 29.8 Å². The molecule has 134 valence electrons. The third kappa shape index (κ3) is 6.75. The van der Waals surface area contributed by atoms with E-state index in [0.717, 1.165) is 17.1 Å². The summed E-state index contributed by atoms with van der Waals surface area (Å²) in [6, 6.07) is 15.6. The third-order valence-electron chi connectivity index (χ3n) is 3.70. The predicted molar refractivity (Wildman–Crippen MR) is 99.4 cm³/mol. The van der Waals surface area contributed by atoms with Crippen molar-refractivity contribution in [2.75, 3.05) is 33.4 Å². The highest BCUT2D eigenvalue weighted by molar-refractivity contribution is 5.73. The Labute approximate surface area is 149 Å². The maximum Gasteiger partial charge on any atom is 0.317 e. The number of carbonyl (C=O) groups is 1. The number of carbonyl (C=O) groups excluding carboxylic acids is 1. The molecule has 0 radical (unpaired) electrons. The lowest BCUT2D eigenvalue weighted by Gasteiger charge is -2.18. The SMILES string of the molecule is Cc1ccc(OCCN(C)C(=O)NCCOc2cccc(C)c2)cc1. The summed E-state index contributed by atoms with van der Waals surface area (Å²) in [6.07, 6.45) is 0. The number of ether oxygens (including phenoxy) is 2. The van der Waals surface area contributed by atoms with Crippen molar-refractivity contribution in [2.45, 2.75) is 13.8 Å². The van der Waals surface area contributed by atoms with Gasteiger partial charge in [-0.3, -0.25) is 0 Å². The summed E-state index contributed by atoms with van der Waals surface area (Å²) in [7, 11) is 1.75. The molecule has 2 aromatic rings. The van der Waals surface area contributed by atoms with Gasteiger partial charge in [-0.2, -0.15) is 0 Å². The second-order valence-electron chi connectivity index (χ2n) is 5.98. The van der Waals surface area contributed by atoms with Crippen molar-refractivity contribution in [1.29, 1.82) is 0 Å². The van der Waals surface area contributed by atoms with Crippen LogP contribution in [-0.4, -0.2) is 44.3 Å². The smallest absolute Gasteiger partial charge is 0.317 e. The van der Waals surface area contributed by atoms with E-state index in [1.54, 1.807) is 11.9 Å². The van der Waals surface area contributed by atoms with E-state index in [2.05, 4.69) is 5.32 Å². The summed E-state index contributed by atoms with van der Waals surface area (Å²) in [5.41, 5.74) is 2.34. The molecule has 0 heterocycles. The summed E-state index contributed by atoms with van der Waals surface area (Å²) < 4.78 is 11.2. The first kappa shape index (κ1) is 18.6. The molecule has 0 saturated carbocycles. The number of nitrogens with one attached hydrogen (secondary N) is 1. The Kier molecular flexibility index (Phi) is 7.14. The quantitative estimate of drug-likeness (QED) is 0.748. The number of nitrogens with zero attached hydrogens (tertiary/aromatic N) is 1. The molecule has 0 saturated heterocycles. The van der Waals surface area contributed by atoms with Gasteiger partial charge in [0.2, 0.25) is 0 Å². The van der Waals surface area contributed by atoms with Gasteiger partial charge in [-0.25, -0.2) is 4.79 Å². The van der Waals surface area contributed by atoms with E-state index in [-0.39, 0.29) is 6.03 Å².